The first-order chi connectivity index (χ1) is 15.0. The Morgan fingerprint density at radius 3 is 2.52 bits per heavy atom. The maximum absolute atomic E-state index is 12.6. The molecular formula is C22H23N3O6. The van der Waals surface area contributed by atoms with E-state index in [-0.39, 0.29) is 30.9 Å². The van der Waals surface area contributed by atoms with Gasteiger partial charge in [0.15, 0.2) is 17.3 Å². The fourth-order valence-corrected chi connectivity index (χ4v) is 3.42. The first kappa shape index (κ1) is 20.7. The molecule has 2 aliphatic heterocycles. The smallest absolute Gasteiger partial charge is 0.254 e. The number of benzene rings is 2. The van der Waals surface area contributed by atoms with E-state index in [2.05, 4.69) is 10.6 Å². The lowest BCUT2D eigenvalue weighted by Crippen LogP contribution is -2.40. The zero-order chi connectivity index (χ0) is 21.8. The number of fused-ring (bicyclic) bond motifs is 1. The lowest BCUT2D eigenvalue weighted by atomic mass is 10.1. The van der Waals surface area contributed by atoms with Gasteiger partial charge in [0.05, 0.1) is 25.4 Å². The Morgan fingerprint density at radius 2 is 1.77 bits per heavy atom. The zero-order valence-electron chi connectivity index (χ0n) is 17.1. The van der Waals surface area contributed by atoms with Gasteiger partial charge in [0, 0.05) is 36.0 Å². The van der Waals surface area contributed by atoms with Gasteiger partial charge in [0.25, 0.3) is 5.91 Å². The number of nitrogens with zero attached hydrogens (tertiary/aromatic N) is 1. The Balaban J connectivity index is 1.39. The van der Waals surface area contributed by atoms with Crippen LogP contribution in [0.15, 0.2) is 36.4 Å². The van der Waals surface area contributed by atoms with Crippen LogP contribution in [0.5, 0.6) is 11.5 Å². The van der Waals surface area contributed by atoms with Crippen molar-refractivity contribution in [1.82, 2.24) is 4.90 Å². The van der Waals surface area contributed by atoms with Gasteiger partial charge in [0.1, 0.15) is 0 Å². The third-order valence-corrected chi connectivity index (χ3v) is 5.03. The van der Waals surface area contributed by atoms with Gasteiger partial charge < -0.3 is 29.7 Å². The Labute approximate surface area is 179 Å². The van der Waals surface area contributed by atoms with Crippen LogP contribution in [0.2, 0.25) is 0 Å². The second kappa shape index (κ2) is 9.05. The van der Waals surface area contributed by atoms with Crippen LogP contribution in [-0.4, -0.2) is 62.1 Å². The average molecular weight is 425 g/mol. The summed E-state index contributed by atoms with van der Waals surface area (Å²) in [6.07, 6.45) is 0. The maximum Gasteiger partial charge on any atom is 0.254 e. The zero-order valence-corrected chi connectivity index (χ0v) is 17.1. The highest BCUT2D eigenvalue weighted by atomic mass is 16.7. The molecular weight excluding hydrogens is 402 g/mol. The molecule has 0 atom stereocenters. The summed E-state index contributed by atoms with van der Waals surface area (Å²) in [5.41, 5.74) is 1.89. The summed E-state index contributed by atoms with van der Waals surface area (Å²) in [6.45, 7) is 3.65. The molecule has 2 aromatic carbocycles. The third-order valence-electron chi connectivity index (χ3n) is 5.03. The first-order valence-corrected chi connectivity index (χ1v) is 9.96. The fourth-order valence-electron chi connectivity index (χ4n) is 3.42. The van der Waals surface area contributed by atoms with E-state index < -0.39 is 0 Å². The van der Waals surface area contributed by atoms with E-state index in [1.807, 2.05) is 0 Å². The topological polar surface area (TPSA) is 106 Å². The van der Waals surface area contributed by atoms with E-state index in [1.54, 1.807) is 41.3 Å². The van der Waals surface area contributed by atoms with Crippen molar-refractivity contribution in [3.63, 3.8) is 0 Å². The Hall–Kier alpha value is -3.59. The van der Waals surface area contributed by atoms with E-state index in [9.17, 15) is 14.4 Å². The molecule has 1 saturated heterocycles. The molecule has 31 heavy (non-hydrogen) atoms. The molecule has 0 bridgehead atoms. The predicted molar refractivity (Wildman–Crippen MR) is 113 cm³/mol. The maximum atomic E-state index is 12.6. The molecule has 0 spiro atoms. The summed E-state index contributed by atoms with van der Waals surface area (Å²) in [6, 6.07) is 10.2. The quantitative estimate of drug-likeness (QED) is 0.683. The molecule has 0 aliphatic carbocycles. The molecule has 2 amide bonds. The minimum atomic E-state index is -0.341. The third kappa shape index (κ3) is 4.77. The monoisotopic (exact) mass is 425 g/mol. The van der Waals surface area contributed by atoms with Crippen molar-refractivity contribution in [2.75, 3.05) is 50.3 Å². The van der Waals surface area contributed by atoms with Crippen LogP contribution in [0.25, 0.3) is 0 Å². The Bertz CT molecular complexity index is 1020. The molecule has 0 unspecified atom stereocenters. The molecule has 0 radical (unpaired) electrons. The van der Waals surface area contributed by atoms with Crippen LogP contribution in [0.3, 0.4) is 0 Å². The second-order valence-corrected chi connectivity index (χ2v) is 7.19. The van der Waals surface area contributed by atoms with Gasteiger partial charge in [-0.1, -0.05) is 6.07 Å². The van der Waals surface area contributed by atoms with Crippen LogP contribution in [0.1, 0.15) is 27.6 Å². The average Bonchev–Trinajstić information content (AvgIpc) is 3.25. The summed E-state index contributed by atoms with van der Waals surface area (Å²) in [5.74, 6) is 0.343. The summed E-state index contributed by atoms with van der Waals surface area (Å²) in [5, 5.41) is 5.75. The first-order valence-electron chi connectivity index (χ1n) is 9.96. The fraction of sp³-hybridized carbons (Fsp3) is 0.318. The van der Waals surface area contributed by atoms with Crippen LogP contribution in [0.4, 0.5) is 11.4 Å². The van der Waals surface area contributed by atoms with Crippen LogP contribution in [0, 0.1) is 0 Å². The molecule has 0 saturated carbocycles. The molecule has 9 heteroatoms. The Morgan fingerprint density at radius 1 is 1.03 bits per heavy atom. The highest BCUT2D eigenvalue weighted by Gasteiger charge is 2.21. The number of rotatable bonds is 6. The lowest BCUT2D eigenvalue weighted by Gasteiger charge is -2.27. The molecule has 2 aromatic rings. The number of amides is 2. The van der Waals surface area contributed by atoms with Crippen molar-refractivity contribution in [3.05, 3.63) is 47.5 Å². The van der Waals surface area contributed by atoms with E-state index in [1.165, 1.54) is 6.92 Å². The van der Waals surface area contributed by atoms with Gasteiger partial charge >= 0.3 is 0 Å². The molecule has 0 aromatic heterocycles. The van der Waals surface area contributed by atoms with E-state index >= 15 is 0 Å². The van der Waals surface area contributed by atoms with Crippen molar-refractivity contribution in [2.45, 2.75) is 6.92 Å². The number of carbonyl (C=O) groups is 3. The predicted octanol–water partition coefficient (Wildman–Crippen LogP) is 2.14. The minimum absolute atomic E-state index is 0.0407. The number of morpholine rings is 1. The van der Waals surface area contributed by atoms with Gasteiger partial charge in [-0.15, -0.1) is 0 Å². The summed E-state index contributed by atoms with van der Waals surface area (Å²) in [4.78, 5) is 38.8. The van der Waals surface area contributed by atoms with Gasteiger partial charge in [0.2, 0.25) is 12.7 Å². The van der Waals surface area contributed by atoms with Gasteiger partial charge in [-0.2, -0.15) is 0 Å². The number of nitrogens with one attached hydrogen (secondary N) is 2. The number of ketones is 1. The van der Waals surface area contributed by atoms with E-state index in [4.69, 9.17) is 14.2 Å². The summed E-state index contributed by atoms with van der Waals surface area (Å²) < 4.78 is 15.9. The number of hydrogen-bond acceptors (Lipinski definition) is 7. The summed E-state index contributed by atoms with van der Waals surface area (Å²) in [7, 11) is 0. The standard InChI is InChI=1S/C22H23N3O6/c1-14(26)17-10-19-20(31-13-30-19)11-18(17)24-21(27)12-23-16-4-2-3-15(9-16)22(28)25-5-7-29-8-6-25/h2-4,9-11,23H,5-8,12-13H2,1H3,(H,24,27). The SMILES string of the molecule is CC(=O)c1cc2c(cc1NC(=O)CNc1cccc(C(=O)N3CCOCC3)c1)OCO2. The largest absolute Gasteiger partial charge is 0.454 e. The van der Waals surface area contributed by atoms with Gasteiger partial charge in [-0.3, -0.25) is 14.4 Å². The highest BCUT2D eigenvalue weighted by Crippen LogP contribution is 2.37. The van der Waals surface area contributed by atoms with Crippen molar-refractivity contribution in [1.29, 1.82) is 0 Å². The molecule has 2 aliphatic rings. The van der Waals surface area contributed by atoms with Gasteiger partial charge in [-0.25, -0.2) is 0 Å². The number of ether oxygens (including phenoxy) is 3. The molecule has 1 fully saturated rings. The molecule has 9 nitrogen and oxygen atoms in total. The lowest BCUT2D eigenvalue weighted by molar-refractivity contribution is -0.114. The van der Waals surface area contributed by atoms with Gasteiger partial charge in [-0.05, 0) is 31.2 Å². The van der Waals surface area contributed by atoms with Crippen LogP contribution in [-0.2, 0) is 9.53 Å². The number of hydrogen-bond donors (Lipinski definition) is 2. The molecule has 4 rings (SSSR count). The van der Waals surface area contributed by atoms with E-state index in [0.717, 1.165) is 0 Å². The molecule has 2 N–H and O–H groups in total. The van der Waals surface area contributed by atoms with Crippen LogP contribution >= 0.6 is 0 Å². The number of Topliss-reactive ketones (excluding diaryl/α,β-unsaturated/α-hetero) is 1. The van der Waals surface area contributed by atoms with Crippen molar-refractivity contribution in [3.8, 4) is 11.5 Å². The van der Waals surface area contributed by atoms with Crippen molar-refractivity contribution in [2.24, 2.45) is 0 Å². The molecule has 2 heterocycles. The van der Waals surface area contributed by atoms with Crippen molar-refractivity contribution < 1.29 is 28.6 Å². The normalized spacial score (nSPS) is 14.8. The van der Waals surface area contributed by atoms with E-state index in [0.29, 0.717) is 60.3 Å². The van der Waals surface area contributed by atoms with Crippen LogP contribution < -0.4 is 20.1 Å². The second-order valence-electron chi connectivity index (χ2n) is 7.19. The molecule has 162 valence electrons. The highest BCUT2D eigenvalue weighted by molar-refractivity contribution is 6.05. The number of anilines is 2. The minimum Gasteiger partial charge on any atom is -0.454 e. The Kier molecular flexibility index (Phi) is 6.03. The van der Waals surface area contributed by atoms with Crippen molar-refractivity contribution >= 4 is 29.0 Å². The number of carbonyl (C=O) groups excluding carboxylic acids is 3. The summed E-state index contributed by atoms with van der Waals surface area (Å²) >= 11 is 0.